The Labute approximate surface area is 97.2 Å². The Hall–Kier alpha value is -1.07. The zero-order valence-corrected chi connectivity index (χ0v) is 9.56. The van der Waals surface area contributed by atoms with Gasteiger partial charge >= 0.3 is 5.69 Å². The Morgan fingerprint density at radius 2 is 2.06 bits per heavy atom. The molecule has 1 saturated heterocycles. The lowest BCUT2D eigenvalue weighted by molar-refractivity contribution is 0.396. The van der Waals surface area contributed by atoms with Crippen LogP contribution in [0, 0.1) is 0 Å². The van der Waals surface area contributed by atoms with Crippen molar-refractivity contribution in [2.45, 2.75) is 31.7 Å². The number of halogens is 1. The second-order valence-corrected chi connectivity index (χ2v) is 4.43. The van der Waals surface area contributed by atoms with E-state index in [1.807, 2.05) is 0 Å². The number of hydrogen-bond acceptors (Lipinski definition) is 3. The predicted molar refractivity (Wildman–Crippen MR) is 62.0 cm³/mol. The summed E-state index contributed by atoms with van der Waals surface area (Å²) in [5.41, 5.74) is -0.494. The number of H-pyrrole nitrogens is 2. The second kappa shape index (κ2) is 4.84. The van der Waals surface area contributed by atoms with E-state index >= 15 is 0 Å². The van der Waals surface area contributed by atoms with Crippen molar-refractivity contribution in [1.29, 1.82) is 0 Å². The van der Waals surface area contributed by atoms with Crippen molar-refractivity contribution in [1.82, 2.24) is 15.3 Å². The van der Waals surface area contributed by atoms with Crippen molar-refractivity contribution in [3.8, 4) is 0 Å². The molecular formula is C10H14ClN3O2. The van der Waals surface area contributed by atoms with Gasteiger partial charge < -0.3 is 10.3 Å². The van der Waals surface area contributed by atoms with Crippen LogP contribution in [0.25, 0.3) is 0 Å². The van der Waals surface area contributed by atoms with Crippen LogP contribution in [0.4, 0.5) is 0 Å². The Morgan fingerprint density at radius 1 is 1.25 bits per heavy atom. The molecule has 5 nitrogen and oxygen atoms in total. The summed E-state index contributed by atoms with van der Waals surface area (Å²) >= 11 is 5.84. The Morgan fingerprint density at radius 3 is 2.75 bits per heavy atom. The maximum absolute atomic E-state index is 11.3. The van der Waals surface area contributed by atoms with Crippen molar-refractivity contribution in [3.05, 3.63) is 31.6 Å². The molecule has 1 aliphatic rings. The highest BCUT2D eigenvalue weighted by Gasteiger charge is 2.16. The Balaban J connectivity index is 2.20. The average molecular weight is 244 g/mol. The summed E-state index contributed by atoms with van der Waals surface area (Å²) in [5.74, 6) is 0. The summed E-state index contributed by atoms with van der Waals surface area (Å²) in [6, 6.07) is 0.295. The molecule has 1 fully saturated rings. The molecule has 6 heteroatoms. The monoisotopic (exact) mass is 243 g/mol. The van der Waals surface area contributed by atoms with Gasteiger partial charge in [-0.2, -0.15) is 0 Å². The minimum atomic E-state index is -0.517. The number of nitrogens with one attached hydrogen (secondary N) is 3. The van der Waals surface area contributed by atoms with Crippen molar-refractivity contribution in [2.24, 2.45) is 0 Å². The maximum Gasteiger partial charge on any atom is 0.325 e. The fourth-order valence-corrected chi connectivity index (χ4v) is 2.18. The third kappa shape index (κ3) is 2.54. The third-order valence-electron chi connectivity index (χ3n) is 2.82. The van der Waals surface area contributed by atoms with E-state index in [0.717, 1.165) is 13.0 Å². The lowest BCUT2D eigenvalue weighted by atomic mass is 10.0. The molecule has 1 aromatic rings. The zero-order chi connectivity index (χ0) is 11.5. The molecule has 0 aromatic carbocycles. The van der Waals surface area contributed by atoms with Gasteiger partial charge in [-0.1, -0.05) is 18.0 Å². The van der Waals surface area contributed by atoms with E-state index in [0.29, 0.717) is 18.2 Å². The standard InChI is InChI=1S/C10H14ClN3O2/c11-8-7(13-10(16)14-9(8)15)5-6-3-1-2-4-12-6/h6,12H,1-5H2,(H2,13,14,15,16). The first-order valence-electron chi connectivity index (χ1n) is 5.41. The van der Waals surface area contributed by atoms with E-state index in [4.69, 9.17) is 11.6 Å². The van der Waals surface area contributed by atoms with Gasteiger partial charge in [0.1, 0.15) is 5.02 Å². The van der Waals surface area contributed by atoms with Crippen LogP contribution in [0.1, 0.15) is 25.0 Å². The predicted octanol–water partition coefficient (Wildman–Crippen LogP) is 0.401. The van der Waals surface area contributed by atoms with E-state index < -0.39 is 11.2 Å². The second-order valence-electron chi connectivity index (χ2n) is 4.05. The molecule has 0 aliphatic carbocycles. The van der Waals surface area contributed by atoms with Gasteiger partial charge in [-0.3, -0.25) is 9.78 Å². The van der Waals surface area contributed by atoms with Gasteiger partial charge in [0.15, 0.2) is 0 Å². The van der Waals surface area contributed by atoms with Crippen LogP contribution >= 0.6 is 11.6 Å². The molecule has 0 saturated carbocycles. The quantitative estimate of drug-likeness (QED) is 0.704. The van der Waals surface area contributed by atoms with Gasteiger partial charge in [-0.25, -0.2) is 4.79 Å². The fourth-order valence-electron chi connectivity index (χ4n) is 2.00. The molecule has 2 heterocycles. The Kier molecular flexibility index (Phi) is 3.46. The van der Waals surface area contributed by atoms with Crippen LogP contribution in [0.3, 0.4) is 0 Å². The van der Waals surface area contributed by atoms with E-state index in [2.05, 4.69) is 15.3 Å². The lowest BCUT2D eigenvalue weighted by Gasteiger charge is -2.23. The molecule has 1 atom stereocenters. The molecular weight excluding hydrogens is 230 g/mol. The number of hydrogen-bond donors (Lipinski definition) is 3. The van der Waals surface area contributed by atoms with E-state index in [9.17, 15) is 9.59 Å². The van der Waals surface area contributed by atoms with Gasteiger partial charge in [0, 0.05) is 18.2 Å². The summed E-state index contributed by atoms with van der Waals surface area (Å²) < 4.78 is 0. The first-order chi connectivity index (χ1) is 7.66. The minimum Gasteiger partial charge on any atom is -0.314 e. The SMILES string of the molecule is O=c1[nH]c(CC2CCCCN2)c(Cl)c(=O)[nH]1. The highest BCUT2D eigenvalue weighted by molar-refractivity contribution is 6.30. The first-order valence-corrected chi connectivity index (χ1v) is 5.79. The molecule has 0 bridgehead atoms. The van der Waals surface area contributed by atoms with Crippen molar-refractivity contribution < 1.29 is 0 Å². The molecule has 0 radical (unpaired) electrons. The zero-order valence-electron chi connectivity index (χ0n) is 8.81. The van der Waals surface area contributed by atoms with Gasteiger partial charge in [0.2, 0.25) is 0 Å². The lowest BCUT2D eigenvalue weighted by Crippen LogP contribution is -2.37. The van der Waals surface area contributed by atoms with E-state index in [-0.39, 0.29) is 5.02 Å². The largest absolute Gasteiger partial charge is 0.325 e. The van der Waals surface area contributed by atoms with Gasteiger partial charge in [-0.15, -0.1) is 0 Å². The van der Waals surface area contributed by atoms with Gasteiger partial charge in [0.05, 0.1) is 0 Å². The fraction of sp³-hybridized carbons (Fsp3) is 0.600. The molecule has 0 spiro atoms. The topological polar surface area (TPSA) is 77.8 Å². The van der Waals surface area contributed by atoms with Crippen LogP contribution < -0.4 is 16.6 Å². The molecule has 88 valence electrons. The van der Waals surface area contributed by atoms with Crippen LogP contribution in [0.2, 0.25) is 5.02 Å². The molecule has 1 aliphatic heterocycles. The van der Waals surface area contributed by atoms with Crippen molar-refractivity contribution in [2.75, 3.05) is 6.54 Å². The first kappa shape index (κ1) is 11.4. The van der Waals surface area contributed by atoms with E-state index in [1.54, 1.807) is 0 Å². The summed E-state index contributed by atoms with van der Waals surface area (Å²) in [6.45, 7) is 0.982. The molecule has 16 heavy (non-hydrogen) atoms. The highest BCUT2D eigenvalue weighted by atomic mass is 35.5. The number of aromatic amines is 2. The number of aromatic nitrogens is 2. The molecule has 1 aromatic heterocycles. The molecule has 1 unspecified atom stereocenters. The minimum absolute atomic E-state index is 0.0898. The van der Waals surface area contributed by atoms with Gasteiger partial charge in [-0.05, 0) is 19.4 Å². The summed E-state index contributed by atoms with van der Waals surface area (Å²) in [4.78, 5) is 27.1. The Bertz CT molecular complexity index is 474. The molecule has 3 N–H and O–H groups in total. The number of piperidine rings is 1. The molecule has 0 amide bonds. The summed E-state index contributed by atoms with van der Waals surface area (Å²) in [5, 5.41) is 3.43. The number of rotatable bonds is 2. The van der Waals surface area contributed by atoms with Crippen LogP contribution in [-0.2, 0) is 6.42 Å². The van der Waals surface area contributed by atoms with Crippen molar-refractivity contribution in [3.63, 3.8) is 0 Å². The average Bonchev–Trinajstić information content (AvgIpc) is 2.27. The maximum atomic E-state index is 11.3. The molecule has 2 rings (SSSR count). The normalized spacial score (nSPS) is 20.9. The smallest absolute Gasteiger partial charge is 0.314 e. The highest BCUT2D eigenvalue weighted by Crippen LogP contribution is 2.14. The van der Waals surface area contributed by atoms with Crippen LogP contribution in [0.15, 0.2) is 9.59 Å². The third-order valence-corrected chi connectivity index (χ3v) is 3.22. The van der Waals surface area contributed by atoms with Crippen LogP contribution in [0.5, 0.6) is 0 Å². The van der Waals surface area contributed by atoms with Gasteiger partial charge in [0.25, 0.3) is 5.56 Å². The van der Waals surface area contributed by atoms with Crippen LogP contribution in [-0.4, -0.2) is 22.6 Å². The summed E-state index contributed by atoms with van der Waals surface area (Å²) in [6.07, 6.45) is 3.99. The van der Waals surface area contributed by atoms with E-state index in [1.165, 1.54) is 12.8 Å². The summed E-state index contributed by atoms with van der Waals surface area (Å²) in [7, 11) is 0. The van der Waals surface area contributed by atoms with Crippen molar-refractivity contribution >= 4 is 11.6 Å².